The number of carbonyl (C=O) groups excluding carboxylic acids is 2. The van der Waals surface area contributed by atoms with Crippen LogP contribution in [0.25, 0.3) is 10.2 Å². The molecule has 6 rings (SSSR count). The summed E-state index contributed by atoms with van der Waals surface area (Å²) >= 11 is 1.22. The van der Waals surface area contributed by atoms with E-state index in [1.54, 1.807) is 17.2 Å². The Labute approximate surface area is 237 Å². The Morgan fingerprint density at radius 1 is 1.11 bits per heavy atom. The molecule has 4 heterocycles. The molecule has 1 fully saturated rings. The van der Waals surface area contributed by atoms with Gasteiger partial charge in [0.2, 0.25) is 0 Å². The average molecular weight is 570 g/mol. The zero-order valence-electron chi connectivity index (χ0n) is 20.3. The van der Waals surface area contributed by atoms with Gasteiger partial charge in [0.1, 0.15) is 21.2 Å². The van der Waals surface area contributed by atoms with Crippen molar-refractivity contribution in [2.75, 3.05) is 23.3 Å². The van der Waals surface area contributed by atoms with Gasteiger partial charge in [0.25, 0.3) is 5.91 Å². The third-order valence-corrected chi connectivity index (χ3v) is 7.44. The fourth-order valence-corrected chi connectivity index (χ4v) is 5.62. The van der Waals surface area contributed by atoms with E-state index < -0.39 is 12.1 Å². The Balaban J connectivity index is 0.00000168. The lowest BCUT2D eigenvalue weighted by Crippen LogP contribution is -2.43. The minimum absolute atomic E-state index is 0. The Kier molecular flexibility index (Phi) is 8.19. The quantitative estimate of drug-likeness (QED) is 0.284. The third kappa shape index (κ3) is 4.93. The fourth-order valence-electron chi connectivity index (χ4n) is 4.60. The number of carbonyl (C=O) groups is 2. The van der Waals surface area contributed by atoms with Crippen molar-refractivity contribution in [3.05, 3.63) is 71.2 Å². The standard InChI is InChI=1S/C26H23N5O4S.2H2S/c1-14-11-16(35-15-5-3-2-4-6-15)7-8-18(14)31-19-9-10-28-25-21(19)22(30-26(31)34)23(36-25)24(33)29-17-12-27-13-20(17)32;;/h2-11,17,20,27,32H,12-13H2,1H3,(H,29,33)(H,30,34);2*1H2/t17-,20-;;/m0../s1. The lowest BCUT2D eigenvalue weighted by Gasteiger charge is -2.29. The number of aliphatic hydroxyl groups excluding tert-OH is 1. The van der Waals surface area contributed by atoms with Crippen LogP contribution < -0.4 is 25.6 Å². The van der Waals surface area contributed by atoms with Crippen molar-refractivity contribution < 1.29 is 19.4 Å². The number of nitrogens with zero attached hydrogens (tertiary/aromatic N) is 2. The molecule has 0 aliphatic carbocycles. The van der Waals surface area contributed by atoms with E-state index in [2.05, 4.69) is 20.9 Å². The van der Waals surface area contributed by atoms with Crippen LogP contribution >= 0.6 is 38.3 Å². The summed E-state index contributed by atoms with van der Waals surface area (Å²) in [4.78, 5) is 33.5. The van der Waals surface area contributed by atoms with Crippen LogP contribution in [0.1, 0.15) is 15.2 Å². The van der Waals surface area contributed by atoms with Gasteiger partial charge in [-0.25, -0.2) is 9.78 Å². The Morgan fingerprint density at radius 2 is 1.89 bits per heavy atom. The first-order chi connectivity index (χ1) is 17.5. The molecule has 12 heteroatoms. The largest absolute Gasteiger partial charge is 0.457 e. The highest BCUT2D eigenvalue weighted by Gasteiger charge is 2.34. The number of aromatic nitrogens is 1. The number of thiophene rings is 1. The molecule has 4 aromatic rings. The number of pyridine rings is 1. The van der Waals surface area contributed by atoms with Gasteiger partial charge in [-0.1, -0.05) is 18.2 Å². The van der Waals surface area contributed by atoms with Crippen LogP contribution in [0.2, 0.25) is 0 Å². The van der Waals surface area contributed by atoms with E-state index in [9.17, 15) is 14.7 Å². The van der Waals surface area contributed by atoms with Crippen LogP contribution in [0, 0.1) is 6.92 Å². The van der Waals surface area contributed by atoms with Crippen LogP contribution in [0.5, 0.6) is 11.5 Å². The van der Waals surface area contributed by atoms with Crippen molar-refractivity contribution in [1.82, 2.24) is 15.6 Å². The first-order valence-electron chi connectivity index (χ1n) is 11.6. The van der Waals surface area contributed by atoms with E-state index in [-0.39, 0.29) is 38.9 Å². The topological polar surface area (TPSA) is 116 Å². The van der Waals surface area contributed by atoms with Crippen molar-refractivity contribution in [3.63, 3.8) is 0 Å². The molecule has 2 aliphatic rings. The summed E-state index contributed by atoms with van der Waals surface area (Å²) in [7, 11) is 0. The monoisotopic (exact) mass is 569 g/mol. The third-order valence-electron chi connectivity index (χ3n) is 6.34. The molecule has 38 heavy (non-hydrogen) atoms. The molecular formula is C26H27N5O4S3. The SMILES string of the molecule is Cc1cc(Oc2ccccc2)ccc1N1C(=O)Nc2c(C(=O)N[C@H]3CNC[C@@H]3O)sc3nccc1c23.S.S. The highest BCUT2D eigenvalue weighted by Crippen LogP contribution is 2.46. The number of nitrogens with one attached hydrogen (secondary N) is 3. The smallest absolute Gasteiger partial charge is 0.331 e. The minimum atomic E-state index is -0.657. The van der Waals surface area contributed by atoms with Crippen molar-refractivity contribution in [3.8, 4) is 11.5 Å². The second-order valence-electron chi connectivity index (χ2n) is 8.75. The van der Waals surface area contributed by atoms with Gasteiger partial charge in [0.05, 0.1) is 34.6 Å². The van der Waals surface area contributed by atoms with Crippen molar-refractivity contribution in [2.24, 2.45) is 0 Å². The molecule has 2 atom stereocenters. The molecule has 1 saturated heterocycles. The lowest BCUT2D eigenvalue weighted by molar-refractivity contribution is 0.0893. The lowest BCUT2D eigenvalue weighted by atomic mass is 10.1. The van der Waals surface area contributed by atoms with E-state index in [4.69, 9.17) is 4.74 Å². The van der Waals surface area contributed by atoms with Crippen molar-refractivity contribution >= 4 is 77.5 Å². The molecule has 0 saturated carbocycles. The number of rotatable bonds is 5. The van der Waals surface area contributed by atoms with Crippen molar-refractivity contribution in [1.29, 1.82) is 0 Å². The van der Waals surface area contributed by atoms with Crippen LogP contribution in [-0.2, 0) is 0 Å². The molecule has 198 valence electrons. The summed E-state index contributed by atoms with van der Waals surface area (Å²) in [5, 5.41) is 19.6. The van der Waals surface area contributed by atoms with Crippen molar-refractivity contribution in [2.45, 2.75) is 19.1 Å². The molecule has 3 amide bonds. The Morgan fingerprint density at radius 3 is 2.61 bits per heavy atom. The maximum atomic E-state index is 13.4. The van der Waals surface area contributed by atoms with Gasteiger partial charge in [0.15, 0.2) is 0 Å². The van der Waals surface area contributed by atoms with Gasteiger partial charge in [0, 0.05) is 19.3 Å². The summed E-state index contributed by atoms with van der Waals surface area (Å²) in [6.45, 7) is 2.83. The van der Waals surface area contributed by atoms with Gasteiger partial charge in [-0.3, -0.25) is 9.69 Å². The number of β-amino-alcohol motifs (C(OH)–C–C–N with tert-alkyl or cyclic N) is 1. The second kappa shape index (κ2) is 11.2. The van der Waals surface area contributed by atoms with Gasteiger partial charge in [-0.05, 0) is 48.9 Å². The first kappa shape index (κ1) is 27.7. The van der Waals surface area contributed by atoms with Crippen LogP contribution in [0.15, 0.2) is 60.8 Å². The molecule has 0 spiro atoms. The number of benzene rings is 2. The summed E-state index contributed by atoms with van der Waals surface area (Å²) < 4.78 is 5.94. The maximum absolute atomic E-state index is 13.4. The minimum Gasteiger partial charge on any atom is -0.457 e. The zero-order valence-corrected chi connectivity index (χ0v) is 23.1. The molecular weight excluding hydrogens is 543 g/mol. The molecule has 0 unspecified atom stereocenters. The van der Waals surface area contributed by atoms with E-state index in [0.717, 1.165) is 11.3 Å². The number of ether oxygens (including phenoxy) is 1. The summed E-state index contributed by atoms with van der Waals surface area (Å²) in [5.41, 5.74) is 2.64. The molecule has 4 N–H and O–H groups in total. The Hall–Kier alpha value is -3.29. The molecule has 0 radical (unpaired) electrons. The van der Waals surface area contributed by atoms with E-state index in [1.165, 1.54) is 11.3 Å². The maximum Gasteiger partial charge on any atom is 0.331 e. The number of hydrogen-bond acceptors (Lipinski definition) is 7. The highest BCUT2D eigenvalue weighted by atomic mass is 32.1. The van der Waals surface area contributed by atoms with Crippen LogP contribution in [-0.4, -0.2) is 47.3 Å². The number of anilines is 3. The summed E-state index contributed by atoms with van der Waals surface area (Å²) in [6, 6.07) is 16.1. The number of amides is 3. The molecule has 2 aromatic carbocycles. The van der Waals surface area contributed by atoms with E-state index in [1.807, 2.05) is 55.5 Å². The predicted octanol–water partition coefficient (Wildman–Crippen LogP) is 4.37. The van der Waals surface area contributed by atoms with Crippen LogP contribution in [0.3, 0.4) is 0 Å². The van der Waals surface area contributed by atoms with Gasteiger partial charge in [-0.15, -0.1) is 11.3 Å². The molecule has 2 aliphatic heterocycles. The average Bonchev–Trinajstić information content (AvgIpc) is 3.45. The first-order valence-corrected chi connectivity index (χ1v) is 12.4. The summed E-state index contributed by atoms with van der Waals surface area (Å²) in [6.07, 6.45) is 0.980. The number of para-hydroxylation sites is 1. The molecule has 0 bridgehead atoms. The molecule has 9 nitrogen and oxygen atoms in total. The van der Waals surface area contributed by atoms with Gasteiger partial charge < -0.3 is 25.8 Å². The number of hydrogen-bond donors (Lipinski definition) is 4. The van der Waals surface area contributed by atoms with E-state index >= 15 is 0 Å². The van der Waals surface area contributed by atoms with Gasteiger partial charge >= 0.3 is 6.03 Å². The molecule has 2 aromatic heterocycles. The number of aryl methyl sites for hydroxylation is 1. The number of aliphatic hydroxyl groups is 1. The normalized spacial score (nSPS) is 17.8. The summed E-state index contributed by atoms with van der Waals surface area (Å²) in [5.74, 6) is 1.04. The zero-order chi connectivity index (χ0) is 24.8. The second-order valence-corrected chi connectivity index (χ2v) is 9.75. The fraction of sp³-hybridized carbons (Fsp3) is 0.192. The predicted molar refractivity (Wildman–Crippen MR) is 159 cm³/mol. The van der Waals surface area contributed by atoms with E-state index in [0.29, 0.717) is 51.0 Å². The Bertz CT molecular complexity index is 1500. The number of urea groups is 1. The highest BCUT2D eigenvalue weighted by molar-refractivity contribution is 7.59. The van der Waals surface area contributed by atoms with Crippen LogP contribution in [0.4, 0.5) is 21.9 Å². The van der Waals surface area contributed by atoms with Gasteiger partial charge in [-0.2, -0.15) is 27.0 Å².